The summed E-state index contributed by atoms with van der Waals surface area (Å²) >= 11 is 0. The molecule has 1 atom stereocenters. The highest BCUT2D eigenvalue weighted by Crippen LogP contribution is 2.34. The zero-order valence-corrected chi connectivity index (χ0v) is 14.5. The van der Waals surface area contributed by atoms with Crippen molar-refractivity contribution in [2.45, 2.75) is 46.6 Å². The second kappa shape index (κ2) is 6.22. The summed E-state index contributed by atoms with van der Waals surface area (Å²) in [6.45, 7) is 10.4. The third-order valence-electron chi connectivity index (χ3n) is 4.37. The van der Waals surface area contributed by atoms with Crippen LogP contribution in [0.5, 0.6) is 5.75 Å². The number of hydrogen-bond donors (Lipinski definition) is 1. The first-order valence-corrected chi connectivity index (χ1v) is 7.89. The molecule has 5 nitrogen and oxygen atoms in total. The Hall–Kier alpha value is -2.04. The Bertz CT molecular complexity index is 613. The molecule has 1 saturated heterocycles. The maximum atomic E-state index is 12.9. The number of likely N-dealkylation sites (tertiary alicyclic amines) is 1. The summed E-state index contributed by atoms with van der Waals surface area (Å²) in [7, 11) is 0. The smallest absolute Gasteiger partial charge is 0.341 e. The molecule has 1 heterocycles. The Morgan fingerprint density at radius 3 is 2.30 bits per heavy atom. The second-order valence-corrected chi connectivity index (χ2v) is 7.16. The van der Waals surface area contributed by atoms with Gasteiger partial charge in [-0.2, -0.15) is 0 Å². The van der Waals surface area contributed by atoms with Gasteiger partial charge in [-0.3, -0.25) is 4.79 Å². The summed E-state index contributed by atoms with van der Waals surface area (Å²) in [6.07, 6.45) is 0.997. The van der Waals surface area contributed by atoms with Gasteiger partial charge in [-0.05, 0) is 63.3 Å². The van der Waals surface area contributed by atoms with E-state index < -0.39 is 5.97 Å². The molecule has 126 valence electrons. The molecule has 1 aromatic carbocycles. The molecule has 1 amide bonds. The van der Waals surface area contributed by atoms with Crippen LogP contribution in [0.3, 0.4) is 0 Å². The highest BCUT2D eigenvalue weighted by molar-refractivity contribution is 5.95. The molecule has 1 aliphatic heterocycles. The molecule has 0 bridgehead atoms. The van der Waals surface area contributed by atoms with Crippen molar-refractivity contribution in [3.05, 3.63) is 28.8 Å². The number of aryl methyl sites for hydroxylation is 2. The normalized spacial score (nSPS) is 19.7. The molecular weight excluding hydrogens is 294 g/mol. The van der Waals surface area contributed by atoms with Gasteiger partial charge >= 0.3 is 5.97 Å². The monoisotopic (exact) mass is 319 g/mol. The summed E-state index contributed by atoms with van der Waals surface area (Å²) in [4.78, 5) is 25.5. The van der Waals surface area contributed by atoms with Gasteiger partial charge < -0.3 is 14.7 Å². The average molecular weight is 319 g/mol. The molecule has 1 N–H and O–H groups in total. The van der Waals surface area contributed by atoms with Crippen LogP contribution in [0.25, 0.3) is 0 Å². The first-order valence-electron chi connectivity index (χ1n) is 7.89. The van der Waals surface area contributed by atoms with Gasteiger partial charge in [-0.1, -0.05) is 6.92 Å². The number of rotatable bonds is 4. The van der Waals surface area contributed by atoms with Crippen molar-refractivity contribution in [1.82, 2.24) is 4.90 Å². The number of ether oxygens (including phenoxy) is 1. The predicted octanol–water partition coefficient (Wildman–Crippen LogP) is 3.03. The Balaban J connectivity index is 2.27. The molecule has 0 aromatic heterocycles. The lowest BCUT2D eigenvalue weighted by molar-refractivity contribution is -0.139. The van der Waals surface area contributed by atoms with Crippen molar-refractivity contribution in [3.63, 3.8) is 0 Å². The Kier molecular flexibility index (Phi) is 4.68. The van der Waals surface area contributed by atoms with E-state index in [4.69, 9.17) is 9.84 Å². The van der Waals surface area contributed by atoms with Gasteiger partial charge in [0.15, 0.2) is 6.61 Å². The minimum absolute atomic E-state index is 0.0235. The van der Waals surface area contributed by atoms with Gasteiger partial charge in [0.05, 0.1) is 0 Å². The first-order chi connectivity index (χ1) is 10.6. The number of carbonyl (C=O) groups is 2. The molecule has 1 unspecified atom stereocenters. The Labute approximate surface area is 137 Å². The molecule has 0 radical (unpaired) electrons. The number of carboxylic acids is 1. The van der Waals surface area contributed by atoms with Gasteiger partial charge in [0.2, 0.25) is 0 Å². The fourth-order valence-electron chi connectivity index (χ4n) is 3.54. The maximum absolute atomic E-state index is 12.9. The molecule has 23 heavy (non-hydrogen) atoms. The number of carboxylic acid groups (broad SMARTS) is 1. The van der Waals surface area contributed by atoms with E-state index in [2.05, 4.69) is 20.8 Å². The van der Waals surface area contributed by atoms with Crippen LogP contribution >= 0.6 is 0 Å². The quantitative estimate of drug-likeness (QED) is 0.926. The van der Waals surface area contributed by atoms with Gasteiger partial charge in [-0.25, -0.2) is 4.79 Å². The van der Waals surface area contributed by atoms with Crippen LogP contribution < -0.4 is 4.74 Å². The molecule has 2 rings (SSSR count). The first kappa shape index (κ1) is 17.3. The lowest BCUT2D eigenvalue weighted by Gasteiger charge is -2.32. The van der Waals surface area contributed by atoms with Crippen LogP contribution in [0.2, 0.25) is 0 Å². The number of nitrogens with zero attached hydrogens (tertiary/aromatic N) is 1. The summed E-state index contributed by atoms with van der Waals surface area (Å²) in [5.41, 5.74) is 2.04. The molecule has 0 aliphatic carbocycles. The fraction of sp³-hybridized carbons (Fsp3) is 0.556. The zero-order chi connectivity index (χ0) is 17.4. The van der Waals surface area contributed by atoms with Crippen LogP contribution in [0.15, 0.2) is 12.1 Å². The molecule has 1 fully saturated rings. The Morgan fingerprint density at radius 1 is 1.30 bits per heavy atom. The lowest BCUT2D eigenvalue weighted by Crippen LogP contribution is -2.42. The summed E-state index contributed by atoms with van der Waals surface area (Å²) in [5, 5.41) is 8.74. The van der Waals surface area contributed by atoms with E-state index in [1.165, 1.54) is 0 Å². The van der Waals surface area contributed by atoms with Crippen LogP contribution in [-0.2, 0) is 4.79 Å². The van der Waals surface area contributed by atoms with Crippen molar-refractivity contribution < 1.29 is 19.4 Å². The summed E-state index contributed by atoms with van der Waals surface area (Å²) < 4.78 is 5.32. The SMILES string of the molecule is Cc1cc(C(=O)N2CC(C)CC2(C)C)cc(C)c1OCC(=O)O. The number of aliphatic carboxylic acids is 1. The highest BCUT2D eigenvalue weighted by Gasteiger charge is 2.39. The van der Waals surface area contributed by atoms with Crippen molar-refractivity contribution >= 4 is 11.9 Å². The van der Waals surface area contributed by atoms with Crippen molar-refractivity contribution in [2.24, 2.45) is 5.92 Å². The molecule has 0 spiro atoms. The van der Waals surface area contributed by atoms with Gasteiger partial charge in [0, 0.05) is 17.6 Å². The fourth-order valence-corrected chi connectivity index (χ4v) is 3.54. The molecule has 5 heteroatoms. The van der Waals surface area contributed by atoms with Crippen LogP contribution in [0, 0.1) is 19.8 Å². The number of carbonyl (C=O) groups excluding carboxylic acids is 1. The molecule has 1 aromatic rings. The topological polar surface area (TPSA) is 66.8 Å². The average Bonchev–Trinajstić information content (AvgIpc) is 2.69. The van der Waals surface area contributed by atoms with Gasteiger partial charge in [0.1, 0.15) is 5.75 Å². The summed E-state index contributed by atoms with van der Waals surface area (Å²) in [6, 6.07) is 3.57. The van der Waals surface area contributed by atoms with E-state index in [0.717, 1.165) is 24.1 Å². The van der Waals surface area contributed by atoms with Gasteiger partial charge in [0.25, 0.3) is 5.91 Å². The molecule has 0 saturated carbocycles. The van der Waals surface area contributed by atoms with Crippen LogP contribution in [-0.4, -0.2) is 40.6 Å². The minimum Gasteiger partial charge on any atom is -0.481 e. The van der Waals surface area contributed by atoms with Crippen molar-refractivity contribution in [2.75, 3.05) is 13.2 Å². The third-order valence-corrected chi connectivity index (χ3v) is 4.37. The lowest BCUT2D eigenvalue weighted by atomic mass is 9.97. The van der Waals surface area contributed by atoms with E-state index in [9.17, 15) is 9.59 Å². The molecule has 1 aliphatic rings. The Morgan fingerprint density at radius 2 is 1.87 bits per heavy atom. The number of benzene rings is 1. The van der Waals surface area contributed by atoms with E-state index in [-0.39, 0.29) is 18.1 Å². The predicted molar refractivity (Wildman–Crippen MR) is 87.9 cm³/mol. The van der Waals surface area contributed by atoms with E-state index in [1.54, 1.807) is 12.1 Å². The number of amides is 1. The summed E-state index contributed by atoms with van der Waals surface area (Å²) in [5.74, 6) is 0.0411. The van der Waals surface area contributed by atoms with Gasteiger partial charge in [-0.15, -0.1) is 0 Å². The molecular formula is C18H25NO4. The standard InChI is InChI=1S/C18H25NO4/c1-11-8-18(4,5)19(9-11)17(22)14-6-12(2)16(13(3)7-14)23-10-15(20)21/h6-7,11H,8-10H2,1-5H3,(H,20,21). The highest BCUT2D eigenvalue weighted by atomic mass is 16.5. The zero-order valence-electron chi connectivity index (χ0n) is 14.5. The van der Waals surface area contributed by atoms with Crippen molar-refractivity contribution in [3.8, 4) is 5.75 Å². The maximum Gasteiger partial charge on any atom is 0.341 e. The number of hydrogen-bond acceptors (Lipinski definition) is 3. The van der Waals surface area contributed by atoms with Crippen LogP contribution in [0.4, 0.5) is 0 Å². The third kappa shape index (κ3) is 3.66. The second-order valence-electron chi connectivity index (χ2n) is 7.16. The largest absolute Gasteiger partial charge is 0.481 e. The van der Waals surface area contributed by atoms with E-state index >= 15 is 0 Å². The van der Waals surface area contributed by atoms with E-state index in [1.807, 2.05) is 18.7 Å². The van der Waals surface area contributed by atoms with Crippen LogP contribution in [0.1, 0.15) is 48.7 Å². The van der Waals surface area contributed by atoms with E-state index in [0.29, 0.717) is 17.2 Å². The van der Waals surface area contributed by atoms with Crippen molar-refractivity contribution in [1.29, 1.82) is 0 Å². The minimum atomic E-state index is -1.02.